The number of ether oxygens (including phenoxy) is 1. The van der Waals surface area contributed by atoms with Crippen molar-refractivity contribution in [1.29, 1.82) is 0 Å². The van der Waals surface area contributed by atoms with Crippen LogP contribution in [0.3, 0.4) is 0 Å². The van der Waals surface area contributed by atoms with Crippen LogP contribution in [0.2, 0.25) is 0 Å². The van der Waals surface area contributed by atoms with E-state index in [1.807, 2.05) is 0 Å². The van der Waals surface area contributed by atoms with Crippen LogP contribution in [0.4, 0.5) is 0 Å². The highest BCUT2D eigenvalue weighted by Gasteiger charge is 2.26. The summed E-state index contributed by atoms with van der Waals surface area (Å²) in [5.74, 6) is 1.08. The first-order valence-electron chi connectivity index (χ1n) is 7.73. The van der Waals surface area contributed by atoms with Crippen LogP contribution in [0.15, 0.2) is 0 Å². The van der Waals surface area contributed by atoms with Gasteiger partial charge in [0.25, 0.3) is 0 Å². The van der Waals surface area contributed by atoms with Crippen LogP contribution in [-0.4, -0.2) is 48.7 Å². The van der Waals surface area contributed by atoms with Crippen molar-refractivity contribution in [2.75, 3.05) is 26.4 Å². The minimum Gasteiger partial charge on any atom is -0.396 e. The van der Waals surface area contributed by atoms with E-state index in [4.69, 9.17) is 4.74 Å². The third kappa shape index (κ3) is 7.25. The SMILES string of the molecule is CC(C)CCCOCC(O)CNC1CCCC1CO. The minimum atomic E-state index is -0.445. The Bertz CT molecular complexity index is 223. The van der Waals surface area contributed by atoms with E-state index in [0.29, 0.717) is 31.0 Å². The summed E-state index contributed by atoms with van der Waals surface area (Å²) >= 11 is 0. The largest absolute Gasteiger partial charge is 0.396 e. The Hall–Kier alpha value is -0.160. The Morgan fingerprint density at radius 2 is 2.11 bits per heavy atom. The number of rotatable bonds is 10. The maximum Gasteiger partial charge on any atom is 0.0897 e. The second kappa shape index (κ2) is 9.70. The van der Waals surface area contributed by atoms with Gasteiger partial charge in [-0.25, -0.2) is 0 Å². The van der Waals surface area contributed by atoms with Crippen molar-refractivity contribution >= 4 is 0 Å². The predicted octanol–water partition coefficient (Wildman–Crippen LogP) is 1.55. The lowest BCUT2D eigenvalue weighted by Gasteiger charge is -2.21. The van der Waals surface area contributed by atoms with E-state index < -0.39 is 6.10 Å². The Balaban J connectivity index is 2.00. The Labute approximate surface area is 117 Å². The molecule has 1 fully saturated rings. The Kier molecular flexibility index (Phi) is 8.62. The molecule has 0 radical (unpaired) electrons. The molecule has 3 N–H and O–H groups in total. The first-order valence-corrected chi connectivity index (χ1v) is 7.73. The number of hydrogen-bond donors (Lipinski definition) is 3. The second-order valence-corrected chi connectivity index (χ2v) is 6.15. The zero-order valence-electron chi connectivity index (χ0n) is 12.5. The van der Waals surface area contributed by atoms with Gasteiger partial charge in [0.1, 0.15) is 0 Å². The highest BCUT2D eigenvalue weighted by Crippen LogP contribution is 2.24. The fraction of sp³-hybridized carbons (Fsp3) is 1.00. The van der Waals surface area contributed by atoms with Crippen molar-refractivity contribution in [2.45, 2.75) is 58.1 Å². The van der Waals surface area contributed by atoms with Crippen LogP contribution in [0, 0.1) is 11.8 Å². The molecule has 0 amide bonds. The molecule has 3 unspecified atom stereocenters. The first kappa shape index (κ1) is 16.9. The van der Waals surface area contributed by atoms with Gasteiger partial charge in [-0.3, -0.25) is 0 Å². The summed E-state index contributed by atoms with van der Waals surface area (Å²) in [5, 5.41) is 22.4. The maximum atomic E-state index is 9.83. The van der Waals surface area contributed by atoms with Crippen LogP contribution in [0.1, 0.15) is 46.0 Å². The summed E-state index contributed by atoms with van der Waals surface area (Å²) in [6.45, 7) is 6.36. The number of hydrogen-bond acceptors (Lipinski definition) is 4. The summed E-state index contributed by atoms with van der Waals surface area (Å²) in [4.78, 5) is 0. The molecule has 0 aromatic carbocycles. The van der Waals surface area contributed by atoms with E-state index in [1.165, 1.54) is 12.8 Å². The van der Waals surface area contributed by atoms with E-state index in [1.54, 1.807) is 0 Å². The third-order valence-electron chi connectivity index (χ3n) is 3.89. The van der Waals surface area contributed by atoms with Gasteiger partial charge in [0.15, 0.2) is 0 Å². The fourth-order valence-electron chi connectivity index (χ4n) is 2.68. The summed E-state index contributed by atoms with van der Waals surface area (Å²) in [7, 11) is 0. The average molecular weight is 273 g/mol. The molecule has 1 rings (SSSR count). The molecule has 4 nitrogen and oxygen atoms in total. The zero-order valence-corrected chi connectivity index (χ0v) is 12.5. The van der Waals surface area contributed by atoms with Gasteiger partial charge in [-0.2, -0.15) is 0 Å². The lowest BCUT2D eigenvalue weighted by atomic mass is 10.1. The minimum absolute atomic E-state index is 0.249. The molecular formula is C15H31NO3. The van der Waals surface area contributed by atoms with Crippen molar-refractivity contribution in [3.8, 4) is 0 Å². The lowest BCUT2D eigenvalue weighted by molar-refractivity contribution is 0.0322. The molecule has 0 aromatic rings. The molecule has 0 bridgehead atoms. The molecule has 1 saturated carbocycles. The summed E-state index contributed by atoms with van der Waals surface area (Å²) in [6, 6.07) is 0.362. The van der Waals surface area contributed by atoms with Gasteiger partial charge in [-0.05, 0) is 37.5 Å². The van der Waals surface area contributed by atoms with Gasteiger partial charge in [-0.15, -0.1) is 0 Å². The molecule has 0 aromatic heterocycles. The third-order valence-corrected chi connectivity index (χ3v) is 3.89. The van der Waals surface area contributed by atoms with Gasteiger partial charge in [-0.1, -0.05) is 20.3 Å². The van der Waals surface area contributed by atoms with E-state index in [0.717, 1.165) is 25.9 Å². The molecule has 1 aliphatic carbocycles. The Morgan fingerprint density at radius 1 is 1.32 bits per heavy atom. The smallest absolute Gasteiger partial charge is 0.0897 e. The van der Waals surface area contributed by atoms with Gasteiger partial charge in [0, 0.05) is 25.8 Å². The monoisotopic (exact) mass is 273 g/mol. The highest BCUT2D eigenvalue weighted by molar-refractivity contribution is 4.83. The molecule has 0 saturated heterocycles. The fourth-order valence-corrected chi connectivity index (χ4v) is 2.68. The quantitative estimate of drug-likeness (QED) is 0.529. The molecule has 19 heavy (non-hydrogen) atoms. The van der Waals surface area contributed by atoms with E-state index in [2.05, 4.69) is 19.2 Å². The lowest BCUT2D eigenvalue weighted by Crippen LogP contribution is -2.40. The van der Waals surface area contributed by atoms with E-state index in [9.17, 15) is 10.2 Å². The molecule has 1 aliphatic rings. The van der Waals surface area contributed by atoms with Crippen molar-refractivity contribution in [2.24, 2.45) is 11.8 Å². The van der Waals surface area contributed by atoms with Crippen molar-refractivity contribution in [3.05, 3.63) is 0 Å². The number of aliphatic hydroxyl groups is 2. The molecular weight excluding hydrogens is 242 g/mol. The molecule has 0 heterocycles. The van der Waals surface area contributed by atoms with Gasteiger partial charge in [0.05, 0.1) is 12.7 Å². The van der Waals surface area contributed by atoms with Crippen LogP contribution in [-0.2, 0) is 4.74 Å². The van der Waals surface area contributed by atoms with E-state index >= 15 is 0 Å². The highest BCUT2D eigenvalue weighted by atomic mass is 16.5. The molecule has 0 aliphatic heterocycles. The first-order chi connectivity index (χ1) is 9.13. The Morgan fingerprint density at radius 3 is 2.79 bits per heavy atom. The number of nitrogens with one attached hydrogen (secondary N) is 1. The van der Waals surface area contributed by atoms with Crippen LogP contribution < -0.4 is 5.32 Å². The zero-order chi connectivity index (χ0) is 14.1. The summed E-state index contributed by atoms with van der Waals surface area (Å²) in [6.07, 6.45) is 5.16. The van der Waals surface area contributed by atoms with Crippen LogP contribution >= 0.6 is 0 Å². The molecule has 3 atom stereocenters. The van der Waals surface area contributed by atoms with Gasteiger partial charge >= 0.3 is 0 Å². The molecule has 114 valence electrons. The molecule has 4 heteroatoms. The second-order valence-electron chi connectivity index (χ2n) is 6.15. The average Bonchev–Trinajstić information content (AvgIpc) is 2.83. The van der Waals surface area contributed by atoms with Gasteiger partial charge in [0.2, 0.25) is 0 Å². The topological polar surface area (TPSA) is 61.7 Å². The van der Waals surface area contributed by atoms with E-state index in [-0.39, 0.29) is 6.61 Å². The molecule has 0 spiro atoms. The van der Waals surface area contributed by atoms with Crippen LogP contribution in [0.25, 0.3) is 0 Å². The maximum absolute atomic E-state index is 9.83. The standard InChI is InChI=1S/C15H31NO3/c1-12(2)5-4-8-19-11-14(18)9-16-15-7-3-6-13(15)10-17/h12-18H,3-11H2,1-2H3. The van der Waals surface area contributed by atoms with Gasteiger partial charge < -0.3 is 20.3 Å². The summed E-state index contributed by atoms with van der Waals surface area (Å²) < 4.78 is 5.47. The normalized spacial score (nSPS) is 25.1. The van der Waals surface area contributed by atoms with Crippen molar-refractivity contribution < 1.29 is 14.9 Å². The van der Waals surface area contributed by atoms with Crippen molar-refractivity contribution in [3.63, 3.8) is 0 Å². The predicted molar refractivity (Wildman–Crippen MR) is 77.1 cm³/mol. The van der Waals surface area contributed by atoms with Crippen molar-refractivity contribution in [1.82, 2.24) is 5.32 Å². The van der Waals surface area contributed by atoms with Crippen LogP contribution in [0.5, 0.6) is 0 Å². The number of aliphatic hydroxyl groups excluding tert-OH is 2. The summed E-state index contributed by atoms with van der Waals surface area (Å²) in [5.41, 5.74) is 0.